The molecule has 0 amide bonds. The highest BCUT2D eigenvalue weighted by atomic mass is 32.2. The molecule has 1 aliphatic rings. The Hall–Kier alpha value is -3.78. The molecule has 2 aromatic carbocycles. The molecule has 36 heavy (non-hydrogen) atoms. The average Bonchev–Trinajstić information content (AvgIpc) is 3.48. The van der Waals surface area contributed by atoms with Crippen LogP contribution in [-0.2, 0) is 34.3 Å². The van der Waals surface area contributed by atoms with Crippen molar-refractivity contribution in [3.05, 3.63) is 94.8 Å². The summed E-state index contributed by atoms with van der Waals surface area (Å²) in [5, 5.41) is 8.67. The highest BCUT2D eigenvalue weighted by Crippen LogP contribution is 2.39. The zero-order valence-electron chi connectivity index (χ0n) is 20.4. The minimum Gasteiger partial charge on any atom is -0.487 e. The Morgan fingerprint density at radius 2 is 1.83 bits per heavy atom. The van der Waals surface area contributed by atoms with Crippen LogP contribution in [0.2, 0.25) is 0 Å². The molecular weight excluding hydrogens is 478 g/mol. The summed E-state index contributed by atoms with van der Waals surface area (Å²) in [6, 6.07) is 14.2. The summed E-state index contributed by atoms with van der Waals surface area (Å²) in [6.45, 7) is 7.73. The van der Waals surface area contributed by atoms with E-state index in [9.17, 15) is 13.2 Å². The first-order chi connectivity index (χ1) is 17.1. The number of carboxylic acid groups (broad SMARTS) is 1. The van der Waals surface area contributed by atoms with Gasteiger partial charge in [-0.2, -0.15) is 8.42 Å². The maximum Gasteiger partial charge on any atom is 0.328 e. The molecule has 188 valence electrons. The number of nitrogens with zero attached hydrogens (tertiary/aromatic N) is 1. The second kappa shape index (κ2) is 10.5. The summed E-state index contributed by atoms with van der Waals surface area (Å²) in [5.41, 5.74) is 5.03. The van der Waals surface area contributed by atoms with Gasteiger partial charge in [-0.3, -0.25) is 4.31 Å². The van der Waals surface area contributed by atoms with Crippen molar-refractivity contribution in [2.75, 3.05) is 10.8 Å². The van der Waals surface area contributed by atoms with Crippen molar-refractivity contribution in [3.63, 3.8) is 0 Å². The topological polar surface area (TPSA) is 97.0 Å². The third kappa shape index (κ3) is 5.71. The molecule has 0 spiro atoms. The van der Waals surface area contributed by atoms with Crippen LogP contribution in [0.25, 0.3) is 6.08 Å². The molecule has 0 saturated carbocycles. The minimum absolute atomic E-state index is 0.0852. The van der Waals surface area contributed by atoms with Gasteiger partial charge in [0.2, 0.25) is 5.09 Å². The zero-order chi connectivity index (χ0) is 25.9. The van der Waals surface area contributed by atoms with E-state index in [4.69, 9.17) is 14.3 Å². The number of benzene rings is 2. The molecule has 0 aliphatic heterocycles. The standard InChI is InChI=1S/C28H29NO6S/c1-19(2)17-29(36(32,33)28-14-7-20(3)35-28)25-15-23-5-4-6-24(23)16-26(25)34-18-22-10-8-21(9-11-22)12-13-27(30)31/h7-16H,1,4-6,17-18H2,2-3H3,(H,30,31). The van der Waals surface area contributed by atoms with Crippen molar-refractivity contribution < 1.29 is 27.5 Å². The molecular formula is C28H29NO6S. The number of hydrogen-bond acceptors (Lipinski definition) is 5. The highest BCUT2D eigenvalue weighted by molar-refractivity contribution is 7.92. The average molecular weight is 508 g/mol. The van der Waals surface area contributed by atoms with Crippen LogP contribution in [0.5, 0.6) is 5.75 Å². The van der Waals surface area contributed by atoms with Gasteiger partial charge in [-0.15, -0.1) is 0 Å². The van der Waals surface area contributed by atoms with Gasteiger partial charge < -0.3 is 14.3 Å². The highest BCUT2D eigenvalue weighted by Gasteiger charge is 2.31. The van der Waals surface area contributed by atoms with Crippen LogP contribution in [0, 0.1) is 6.92 Å². The van der Waals surface area contributed by atoms with Crippen LogP contribution in [0.4, 0.5) is 5.69 Å². The largest absolute Gasteiger partial charge is 0.487 e. The molecule has 1 aliphatic carbocycles. The number of sulfonamides is 1. The summed E-state index contributed by atoms with van der Waals surface area (Å²) in [7, 11) is -4.00. The maximum absolute atomic E-state index is 13.6. The van der Waals surface area contributed by atoms with Gasteiger partial charge in [-0.25, -0.2) is 4.79 Å². The van der Waals surface area contributed by atoms with E-state index in [0.29, 0.717) is 22.8 Å². The summed E-state index contributed by atoms with van der Waals surface area (Å²) >= 11 is 0. The number of aryl methyl sites for hydroxylation is 3. The Morgan fingerprint density at radius 1 is 1.14 bits per heavy atom. The van der Waals surface area contributed by atoms with Crippen LogP contribution in [0.15, 0.2) is 76.3 Å². The Morgan fingerprint density at radius 3 is 2.44 bits per heavy atom. The molecule has 0 unspecified atom stereocenters. The lowest BCUT2D eigenvalue weighted by Crippen LogP contribution is -2.32. The number of anilines is 1. The van der Waals surface area contributed by atoms with E-state index in [1.54, 1.807) is 32.0 Å². The molecule has 7 nitrogen and oxygen atoms in total. The van der Waals surface area contributed by atoms with E-state index >= 15 is 0 Å². The van der Waals surface area contributed by atoms with Crippen molar-refractivity contribution in [2.24, 2.45) is 0 Å². The second-order valence-corrected chi connectivity index (χ2v) is 10.8. The number of furan rings is 1. The number of rotatable bonds is 10. The quantitative estimate of drug-likeness (QED) is 0.286. The predicted molar refractivity (Wildman–Crippen MR) is 139 cm³/mol. The van der Waals surface area contributed by atoms with Gasteiger partial charge >= 0.3 is 5.97 Å². The summed E-state index contributed by atoms with van der Waals surface area (Å²) in [6.07, 6.45) is 5.41. The Kier molecular flexibility index (Phi) is 7.35. The van der Waals surface area contributed by atoms with Crippen molar-refractivity contribution in [3.8, 4) is 5.75 Å². The molecule has 4 rings (SSSR count). The van der Waals surface area contributed by atoms with Gasteiger partial charge in [0.05, 0.1) is 12.2 Å². The molecule has 0 bridgehead atoms. The molecule has 8 heteroatoms. The van der Waals surface area contributed by atoms with Crippen LogP contribution in [-0.4, -0.2) is 26.0 Å². The van der Waals surface area contributed by atoms with Gasteiger partial charge in [0.1, 0.15) is 18.1 Å². The third-order valence-corrected chi connectivity index (χ3v) is 7.54. The molecule has 1 aromatic heterocycles. The normalized spacial score (nSPS) is 13.1. The first-order valence-corrected chi connectivity index (χ1v) is 13.1. The number of fused-ring (bicyclic) bond motifs is 1. The van der Waals surface area contributed by atoms with Crippen LogP contribution >= 0.6 is 0 Å². The molecule has 1 heterocycles. The van der Waals surface area contributed by atoms with Crippen molar-refractivity contribution in [2.45, 2.75) is 44.8 Å². The van der Waals surface area contributed by atoms with Gasteiger partial charge in [0.15, 0.2) is 0 Å². The van der Waals surface area contributed by atoms with Crippen LogP contribution in [0.3, 0.4) is 0 Å². The SMILES string of the molecule is C=C(C)CN(c1cc2c(cc1OCc1ccc(C=CC(=O)O)cc1)CCC2)S(=O)(=O)c1ccc(C)o1. The van der Waals surface area contributed by atoms with E-state index in [0.717, 1.165) is 47.6 Å². The first-order valence-electron chi connectivity index (χ1n) is 11.7. The van der Waals surface area contributed by atoms with Crippen LogP contribution < -0.4 is 9.04 Å². The number of hydrogen-bond donors (Lipinski definition) is 1. The molecule has 0 fully saturated rings. The van der Waals surface area contributed by atoms with Gasteiger partial charge in [-0.1, -0.05) is 36.4 Å². The minimum atomic E-state index is -4.00. The van der Waals surface area contributed by atoms with Crippen molar-refractivity contribution in [1.29, 1.82) is 0 Å². The lowest BCUT2D eigenvalue weighted by atomic mass is 10.1. The fourth-order valence-corrected chi connectivity index (χ4v) is 5.64. The summed E-state index contributed by atoms with van der Waals surface area (Å²) in [4.78, 5) is 10.7. The van der Waals surface area contributed by atoms with E-state index < -0.39 is 16.0 Å². The van der Waals surface area contributed by atoms with Gasteiger partial charge in [0, 0.05) is 6.08 Å². The predicted octanol–water partition coefficient (Wildman–Crippen LogP) is 5.52. The lowest BCUT2D eigenvalue weighted by Gasteiger charge is -2.26. The van der Waals surface area contributed by atoms with Gasteiger partial charge in [0.25, 0.3) is 10.0 Å². The number of carbonyl (C=O) groups is 1. The van der Waals surface area contributed by atoms with Crippen molar-refractivity contribution in [1.82, 2.24) is 0 Å². The Balaban J connectivity index is 1.68. The van der Waals surface area contributed by atoms with E-state index in [1.165, 1.54) is 16.4 Å². The number of ether oxygens (including phenoxy) is 1. The van der Waals surface area contributed by atoms with E-state index in [2.05, 4.69) is 6.58 Å². The number of carboxylic acids is 1. The molecule has 0 radical (unpaired) electrons. The van der Waals surface area contributed by atoms with Crippen LogP contribution in [0.1, 0.15) is 41.4 Å². The fourth-order valence-electron chi connectivity index (χ4n) is 4.16. The summed E-state index contributed by atoms with van der Waals surface area (Å²) in [5.74, 6) is -0.0277. The molecule has 3 aromatic rings. The second-order valence-electron chi connectivity index (χ2n) is 8.98. The fraction of sp³-hybridized carbons (Fsp3) is 0.250. The van der Waals surface area contributed by atoms with Crippen molar-refractivity contribution >= 4 is 27.8 Å². The Bertz CT molecular complexity index is 1420. The third-order valence-electron chi connectivity index (χ3n) is 5.91. The Labute approximate surface area is 211 Å². The molecule has 0 saturated heterocycles. The first kappa shape index (κ1) is 25.3. The van der Waals surface area contributed by atoms with E-state index in [1.807, 2.05) is 24.3 Å². The van der Waals surface area contributed by atoms with Gasteiger partial charge in [-0.05, 0) is 85.7 Å². The maximum atomic E-state index is 13.6. The molecule has 0 atom stereocenters. The lowest BCUT2D eigenvalue weighted by molar-refractivity contribution is -0.131. The molecule has 1 N–H and O–H groups in total. The smallest absolute Gasteiger partial charge is 0.328 e. The number of aliphatic carboxylic acids is 1. The monoisotopic (exact) mass is 507 g/mol. The summed E-state index contributed by atoms with van der Waals surface area (Å²) < 4.78 is 40.3. The zero-order valence-corrected chi connectivity index (χ0v) is 21.2. The van der Waals surface area contributed by atoms with E-state index in [-0.39, 0.29) is 18.2 Å².